The zero-order chi connectivity index (χ0) is 25.1. The zero-order valence-electron chi connectivity index (χ0n) is 22.5. The Balaban J connectivity index is 1.64. The van der Waals surface area contributed by atoms with Crippen molar-refractivity contribution in [2.75, 3.05) is 0 Å². The van der Waals surface area contributed by atoms with E-state index in [0.29, 0.717) is 36.9 Å². The number of aliphatic carboxylic acids is 1. The monoisotopic (exact) mass is 470 g/mol. The first-order chi connectivity index (χ1) is 15.6. The second-order valence-corrected chi connectivity index (χ2v) is 14.9. The van der Waals surface area contributed by atoms with Gasteiger partial charge in [0.15, 0.2) is 0 Å². The van der Waals surface area contributed by atoms with Gasteiger partial charge in [-0.15, -0.1) is 0 Å². The quantitative estimate of drug-likeness (QED) is 0.434. The van der Waals surface area contributed by atoms with Crippen molar-refractivity contribution in [3.63, 3.8) is 0 Å². The lowest BCUT2D eigenvalue weighted by molar-refractivity contribution is -0.206. The van der Waals surface area contributed by atoms with Crippen molar-refractivity contribution < 1.29 is 19.8 Å². The maximum Gasteiger partial charge on any atom is 0.312 e. The summed E-state index contributed by atoms with van der Waals surface area (Å²) in [4.78, 5) is 25.7. The summed E-state index contributed by atoms with van der Waals surface area (Å²) in [5.41, 5.74) is -0.0510. The van der Waals surface area contributed by atoms with E-state index in [1.54, 1.807) is 0 Å². The number of hydrogen-bond acceptors (Lipinski definition) is 3. The summed E-state index contributed by atoms with van der Waals surface area (Å²) in [6.45, 7) is 16.1. The topological polar surface area (TPSA) is 74.6 Å². The van der Waals surface area contributed by atoms with E-state index in [1.165, 1.54) is 5.57 Å². The molecular weight excluding hydrogens is 424 g/mol. The van der Waals surface area contributed by atoms with Crippen molar-refractivity contribution in [1.29, 1.82) is 0 Å². The summed E-state index contributed by atoms with van der Waals surface area (Å²) in [5, 5.41) is 22.2. The van der Waals surface area contributed by atoms with Crippen molar-refractivity contribution in [1.82, 2.24) is 0 Å². The highest BCUT2D eigenvalue weighted by Gasteiger charge is 2.71. The molecule has 4 nitrogen and oxygen atoms in total. The van der Waals surface area contributed by atoms with Crippen molar-refractivity contribution in [2.24, 2.45) is 50.2 Å². The molecule has 0 aromatic heterocycles. The molecule has 0 bridgehead atoms. The second-order valence-electron chi connectivity index (χ2n) is 14.9. The Morgan fingerprint density at radius 3 is 2.26 bits per heavy atom. The molecule has 0 saturated heterocycles. The van der Waals surface area contributed by atoms with E-state index >= 15 is 0 Å². The van der Waals surface area contributed by atoms with Crippen LogP contribution in [0.25, 0.3) is 0 Å². The molecule has 0 heterocycles. The van der Waals surface area contributed by atoms with Crippen LogP contribution >= 0.6 is 0 Å². The van der Waals surface area contributed by atoms with E-state index in [4.69, 9.17) is 0 Å². The molecule has 5 rings (SSSR count). The van der Waals surface area contributed by atoms with Crippen LogP contribution in [0.15, 0.2) is 11.6 Å². The molecule has 2 N–H and O–H groups in total. The number of allylic oxidation sites excluding steroid dienone is 2. The van der Waals surface area contributed by atoms with Crippen LogP contribution in [0.2, 0.25) is 0 Å². The van der Waals surface area contributed by atoms with Crippen LogP contribution in [0.1, 0.15) is 106 Å². The molecule has 0 aromatic rings. The number of carboxylic acid groups (broad SMARTS) is 1. The second kappa shape index (κ2) is 6.99. The third-order valence-corrected chi connectivity index (χ3v) is 12.8. The minimum Gasteiger partial charge on any atom is -0.481 e. The number of carbonyl (C=O) groups is 2. The highest BCUT2D eigenvalue weighted by atomic mass is 16.4. The summed E-state index contributed by atoms with van der Waals surface area (Å²) in [7, 11) is 0. The molecular formula is C30H46O4. The molecule has 0 radical (unpaired) electrons. The standard InChI is InChI=1S/C30H46O4/c1-25(2)14-15-30(24(33)34)19(16-25)18-8-9-21-27(5)12-11-22(31)26(3,4)20(27)10-13-28(21,6)29(18,7)17-23(30)32/h8,19-21,23,32H,9-17H2,1-7H3,(H,33,34)/t19-,20-,21+,23-,27-,28+,29+,30+/m0/s1. The van der Waals surface area contributed by atoms with Crippen molar-refractivity contribution in [3.8, 4) is 0 Å². The SMILES string of the molecule is CC1(C)CC[C@]2(C(=O)O)[C@@H](O)C[C@]3(C)C(=CC[C@@H]4[C@@]5(C)CCC(=O)C(C)(C)[C@@H]5CC[C@]43C)[C@@H]2C1. The van der Waals surface area contributed by atoms with Gasteiger partial charge in [-0.1, -0.05) is 60.1 Å². The summed E-state index contributed by atoms with van der Waals surface area (Å²) >= 11 is 0. The summed E-state index contributed by atoms with van der Waals surface area (Å²) in [6.07, 6.45) is 9.08. The van der Waals surface area contributed by atoms with Crippen molar-refractivity contribution in [3.05, 3.63) is 11.6 Å². The third kappa shape index (κ3) is 2.75. The van der Waals surface area contributed by atoms with Crippen LogP contribution in [0.3, 0.4) is 0 Å². The fourth-order valence-electron chi connectivity index (χ4n) is 10.5. The van der Waals surface area contributed by atoms with Gasteiger partial charge in [0.05, 0.1) is 6.10 Å². The van der Waals surface area contributed by atoms with E-state index < -0.39 is 17.5 Å². The van der Waals surface area contributed by atoms with E-state index in [2.05, 4.69) is 54.5 Å². The third-order valence-electron chi connectivity index (χ3n) is 12.8. The zero-order valence-corrected chi connectivity index (χ0v) is 22.5. The Hall–Kier alpha value is -1.16. The van der Waals surface area contributed by atoms with Crippen molar-refractivity contribution >= 4 is 11.8 Å². The van der Waals surface area contributed by atoms with Crippen LogP contribution in [0.4, 0.5) is 0 Å². The van der Waals surface area contributed by atoms with Gasteiger partial charge in [0.1, 0.15) is 11.2 Å². The van der Waals surface area contributed by atoms with Gasteiger partial charge in [-0.3, -0.25) is 9.59 Å². The first kappa shape index (κ1) is 24.5. The van der Waals surface area contributed by atoms with E-state index in [9.17, 15) is 19.8 Å². The van der Waals surface area contributed by atoms with Crippen LogP contribution < -0.4 is 0 Å². The highest BCUT2D eigenvalue weighted by Crippen LogP contribution is 2.75. The lowest BCUT2D eigenvalue weighted by Gasteiger charge is -2.71. The van der Waals surface area contributed by atoms with Gasteiger partial charge in [-0.05, 0) is 90.8 Å². The molecule has 5 aliphatic rings. The Bertz CT molecular complexity index is 961. The first-order valence-corrected chi connectivity index (χ1v) is 13.7. The molecule has 0 amide bonds. The van der Waals surface area contributed by atoms with Crippen LogP contribution in [-0.4, -0.2) is 28.1 Å². The van der Waals surface area contributed by atoms with Crippen LogP contribution in [0, 0.1) is 50.2 Å². The normalized spacial score (nSPS) is 51.3. The van der Waals surface area contributed by atoms with Gasteiger partial charge in [-0.2, -0.15) is 0 Å². The number of Topliss-reactive ketones (excluding diaryl/α,β-unsaturated/α-hetero) is 1. The number of ketones is 1. The molecule has 0 aliphatic heterocycles. The Labute approximate surface area is 206 Å². The largest absolute Gasteiger partial charge is 0.481 e. The van der Waals surface area contributed by atoms with Crippen molar-refractivity contribution in [2.45, 2.75) is 112 Å². The molecule has 4 saturated carbocycles. The molecule has 0 spiro atoms. The van der Waals surface area contributed by atoms with Crippen LogP contribution in [-0.2, 0) is 9.59 Å². The predicted molar refractivity (Wildman–Crippen MR) is 133 cm³/mol. The van der Waals surface area contributed by atoms with Gasteiger partial charge in [-0.25, -0.2) is 0 Å². The summed E-state index contributed by atoms with van der Waals surface area (Å²) in [6, 6.07) is 0. The number of carboxylic acids is 1. The average molecular weight is 471 g/mol. The van der Waals surface area contributed by atoms with Gasteiger partial charge in [0, 0.05) is 11.8 Å². The van der Waals surface area contributed by atoms with Crippen LogP contribution in [0.5, 0.6) is 0 Å². The molecule has 5 aliphatic carbocycles. The number of aliphatic hydroxyl groups excluding tert-OH is 1. The number of rotatable bonds is 1. The van der Waals surface area contributed by atoms with Gasteiger partial charge in [0.2, 0.25) is 0 Å². The summed E-state index contributed by atoms with van der Waals surface area (Å²) in [5.74, 6) is 0.342. The fraction of sp³-hybridized carbons (Fsp3) is 0.867. The Kier molecular flexibility index (Phi) is 5.04. The van der Waals surface area contributed by atoms with Gasteiger partial charge >= 0.3 is 5.97 Å². The molecule has 4 heteroatoms. The maximum atomic E-state index is 12.9. The molecule has 0 aromatic carbocycles. The predicted octanol–water partition coefficient (Wildman–Crippen LogP) is 6.41. The summed E-state index contributed by atoms with van der Waals surface area (Å²) < 4.78 is 0. The first-order valence-electron chi connectivity index (χ1n) is 13.7. The minimum absolute atomic E-state index is 0.00790. The molecule has 34 heavy (non-hydrogen) atoms. The Morgan fingerprint density at radius 2 is 1.62 bits per heavy atom. The van der Waals surface area contributed by atoms with Gasteiger partial charge in [0.25, 0.3) is 0 Å². The fourth-order valence-corrected chi connectivity index (χ4v) is 10.5. The lowest BCUT2D eigenvalue weighted by Crippen LogP contribution is -2.67. The number of hydrogen-bond donors (Lipinski definition) is 2. The smallest absolute Gasteiger partial charge is 0.312 e. The number of aliphatic hydroxyl groups is 1. The van der Waals surface area contributed by atoms with E-state index in [1.807, 2.05) is 0 Å². The lowest BCUT2D eigenvalue weighted by atomic mass is 9.33. The number of carbonyl (C=O) groups excluding carboxylic acids is 1. The highest BCUT2D eigenvalue weighted by molar-refractivity contribution is 5.85. The van der Waals surface area contributed by atoms with E-state index in [-0.39, 0.29) is 33.0 Å². The minimum atomic E-state index is -1.05. The average Bonchev–Trinajstić information content (AvgIpc) is 2.71. The Morgan fingerprint density at radius 1 is 0.941 bits per heavy atom. The molecule has 0 unspecified atom stereocenters. The van der Waals surface area contributed by atoms with Gasteiger partial charge < -0.3 is 10.2 Å². The number of fused-ring (bicyclic) bond motifs is 7. The molecule has 4 fully saturated rings. The van der Waals surface area contributed by atoms with E-state index in [0.717, 1.165) is 38.5 Å². The molecule has 190 valence electrons. The molecule has 8 atom stereocenters. The maximum absolute atomic E-state index is 12.9.